The SMILES string of the molecule is CCC[C@H](NC(=O)NCCCCCNC(=O)CCC(=O)NCCCCCNC(=O)c1cncc([125I])c1)C(=O)O. The van der Waals surface area contributed by atoms with Crippen molar-refractivity contribution in [3.8, 4) is 0 Å². The zero-order valence-corrected chi connectivity index (χ0v) is 24.7. The Hall–Kier alpha value is -2.97. The number of rotatable bonds is 20. The van der Waals surface area contributed by atoms with Crippen LogP contribution in [0.3, 0.4) is 0 Å². The van der Waals surface area contributed by atoms with Crippen molar-refractivity contribution in [2.24, 2.45) is 0 Å². The number of halogens is 1. The Bertz CT molecular complexity index is 932. The highest BCUT2D eigenvalue weighted by atomic mass is 125. The van der Waals surface area contributed by atoms with Crippen molar-refractivity contribution in [3.63, 3.8) is 0 Å². The zero-order chi connectivity index (χ0) is 28.9. The molecule has 0 aromatic carbocycles. The van der Waals surface area contributed by atoms with E-state index >= 15 is 0 Å². The molecular formula is C26H41IN6O6. The second-order valence-electron chi connectivity index (χ2n) is 9.05. The van der Waals surface area contributed by atoms with Crippen molar-refractivity contribution in [1.29, 1.82) is 0 Å². The number of urea groups is 1. The number of aliphatic carboxylic acids is 1. The summed E-state index contributed by atoms with van der Waals surface area (Å²) in [4.78, 5) is 62.7. The largest absolute Gasteiger partial charge is 0.480 e. The standard InChI is InChI=1S/C26H41IN6O6/c1-2-9-21(25(37)38)33-26(39)32-15-8-4-6-13-30-23(35)11-10-22(34)29-12-5-3-7-14-31-24(36)19-16-20(27)18-28-17-19/h16-18,21H,2-15H2,1H3,(H,29,34)(H,30,35)(H,31,36)(H,37,38)(H2,32,33,39)/t21-/m0/s1/i27-2. The number of carbonyl (C=O) groups excluding carboxylic acids is 4. The Kier molecular flexibility index (Phi) is 18.3. The van der Waals surface area contributed by atoms with Crippen LogP contribution in [0.25, 0.3) is 0 Å². The van der Waals surface area contributed by atoms with Crippen LogP contribution < -0.4 is 26.6 Å². The number of aromatic nitrogens is 1. The van der Waals surface area contributed by atoms with Crippen LogP contribution in [-0.4, -0.2) is 72.0 Å². The molecule has 0 saturated heterocycles. The van der Waals surface area contributed by atoms with Gasteiger partial charge in [0.2, 0.25) is 11.8 Å². The fourth-order valence-corrected chi connectivity index (χ4v) is 4.01. The van der Waals surface area contributed by atoms with Gasteiger partial charge in [-0.15, -0.1) is 0 Å². The van der Waals surface area contributed by atoms with Crippen molar-refractivity contribution in [2.75, 3.05) is 26.2 Å². The minimum absolute atomic E-state index is 0.120. The van der Waals surface area contributed by atoms with E-state index in [1.807, 2.05) is 6.92 Å². The summed E-state index contributed by atoms with van der Waals surface area (Å²) in [6, 6.07) is 0.390. The second-order valence-corrected chi connectivity index (χ2v) is 10.3. The van der Waals surface area contributed by atoms with E-state index < -0.39 is 18.0 Å². The van der Waals surface area contributed by atoms with Crippen molar-refractivity contribution in [3.05, 3.63) is 27.6 Å². The number of carbonyl (C=O) groups is 5. The average Bonchev–Trinajstić information content (AvgIpc) is 2.90. The molecule has 0 aliphatic heterocycles. The third-order valence-corrected chi connectivity index (χ3v) is 6.24. The lowest BCUT2D eigenvalue weighted by molar-refractivity contribution is -0.139. The van der Waals surface area contributed by atoms with Gasteiger partial charge >= 0.3 is 12.0 Å². The number of nitrogens with one attached hydrogen (secondary N) is 5. The van der Waals surface area contributed by atoms with Gasteiger partial charge in [-0.3, -0.25) is 19.4 Å². The van der Waals surface area contributed by atoms with Gasteiger partial charge < -0.3 is 31.7 Å². The lowest BCUT2D eigenvalue weighted by Gasteiger charge is -2.14. The van der Waals surface area contributed by atoms with Gasteiger partial charge in [0.05, 0.1) is 5.56 Å². The highest BCUT2D eigenvalue weighted by Crippen LogP contribution is 2.05. The minimum Gasteiger partial charge on any atom is -0.480 e. The molecule has 12 nitrogen and oxygen atoms in total. The fraction of sp³-hybridized carbons (Fsp3) is 0.615. The van der Waals surface area contributed by atoms with E-state index in [2.05, 4.69) is 54.2 Å². The monoisotopic (exact) mass is 658 g/mol. The molecule has 0 unspecified atom stereocenters. The van der Waals surface area contributed by atoms with Crippen molar-refractivity contribution >= 4 is 52.3 Å². The van der Waals surface area contributed by atoms with Gasteiger partial charge in [0.25, 0.3) is 5.91 Å². The van der Waals surface area contributed by atoms with Gasteiger partial charge in [0, 0.05) is 55.0 Å². The summed E-state index contributed by atoms with van der Waals surface area (Å²) in [5.41, 5.74) is 0.535. The van der Waals surface area contributed by atoms with E-state index in [-0.39, 0.29) is 30.6 Å². The Morgan fingerprint density at radius 2 is 1.36 bits per heavy atom. The van der Waals surface area contributed by atoms with E-state index in [0.717, 1.165) is 35.7 Å². The molecule has 0 fully saturated rings. The number of amides is 5. The van der Waals surface area contributed by atoms with Crippen LogP contribution in [0, 0.1) is 3.57 Å². The van der Waals surface area contributed by atoms with Gasteiger partial charge in [-0.1, -0.05) is 13.3 Å². The molecule has 218 valence electrons. The Balaban J connectivity index is 1.96. The molecule has 0 bridgehead atoms. The molecule has 0 aliphatic carbocycles. The molecule has 6 N–H and O–H groups in total. The molecule has 39 heavy (non-hydrogen) atoms. The van der Waals surface area contributed by atoms with E-state index in [1.165, 1.54) is 6.20 Å². The Morgan fingerprint density at radius 1 is 0.821 bits per heavy atom. The van der Waals surface area contributed by atoms with E-state index in [9.17, 15) is 24.0 Å². The molecular weight excluding hydrogens is 617 g/mol. The molecule has 1 rings (SSSR count). The third-order valence-electron chi connectivity index (χ3n) is 5.65. The van der Waals surface area contributed by atoms with Crippen LogP contribution in [0.5, 0.6) is 0 Å². The molecule has 0 saturated carbocycles. The van der Waals surface area contributed by atoms with Crippen molar-refractivity contribution in [2.45, 2.75) is 77.2 Å². The van der Waals surface area contributed by atoms with Gasteiger partial charge in [-0.05, 0) is 73.6 Å². The molecule has 5 amide bonds. The topological polar surface area (TPSA) is 179 Å². The van der Waals surface area contributed by atoms with Crippen LogP contribution in [0.1, 0.15) is 81.5 Å². The lowest BCUT2D eigenvalue weighted by atomic mass is 10.2. The smallest absolute Gasteiger partial charge is 0.326 e. The van der Waals surface area contributed by atoms with Crippen LogP contribution in [0.4, 0.5) is 4.79 Å². The summed E-state index contributed by atoms with van der Waals surface area (Å²) in [6.07, 6.45) is 9.15. The van der Waals surface area contributed by atoms with E-state index in [4.69, 9.17) is 5.11 Å². The molecule has 13 heteroatoms. The van der Waals surface area contributed by atoms with Crippen LogP contribution in [-0.2, 0) is 14.4 Å². The van der Waals surface area contributed by atoms with Crippen LogP contribution in [0.15, 0.2) is 18.5 Å². The molecule has 1 heterocycles. The first-order valence-corrected chi connectivity index (χ1v) is 14.5. The molecule has 0 radical (unpaired) electrons. The molecule has 0 spiro atoms. The maximum atomic E-state index is 12.0. The number of carboxylic acid groups (broad SMARTS) is 1. The maximum absolute atomic E-state index is 12.0. The summed E-state index contributed by atoms with van der Waals surface area (Å²) in [5.74, 6) is -1.55. The van der Waals surface area contributed by atoms with Crippen molar-refractivity contribution < 1.29 is 29.1 Å². The Labute approximate surface area is 243 Å². The van der Waals surface area contributed by atoms with Gasteiger partial charge in [-0.2, -0.15) is 0 Å². The molecule has 1 aromatic heterocycles. The third kappa shape index (κ3) is 17.3. The normalized spacial score (nSPS) is 11.2. The van der Waals surface area contributed by atoms with Crippen LogP contribution in [0.2, 0.25) is 0 Å². The summed E-state index contributed by atoms with van der Waals surface area (Å²) in [7, 11) is 0. The summed E-state index contributed by atoms with van der Waals surface area (Å²) < 4.78 is 0.902. The van der Waals surface area contributed by atoms with Gasteiger partial charge in [0.15, 0.2) is 0 Å². The van der Waals surface area contributed by atoms with Crippen molar-refractivity contribution in [1.82, 2.24) is 31.6 Å². The average molecular weight is 659 g/mol. The fourth-order valence-electron chi connectivity index (χ4n) is 3.51. The number of hydrogen-bond donors (Lipinski definition) is 6. The molecule has 1 atom stereocenters. The number of carboxylic acids is 1. The number of pyridine rings is 1. The summed E-state index contributed by atoms with van der Waals surface area (Å²) >= 11 is 2.11. The number of unbranched alkanes of at least 4 members (excludes halogenated alkanes) is 4. The minimum atomic E-state index is -1.05. The van der Waals surface area contributed by atoms with E-state index in [1.54, 1.807) is 12.3 Å². The molecule has 0 aliphatic rings. The first-order chi connectivity index (χ1) is 18.7. The zero-order valence-electron chi connectivity index (χ0n) is 22.5. The highest BCUT2D eigenvalue weighted by molar-refractivity contribution is 14.1. The highest BCUT2D eigenvalue weighted by Gasteiger charge is 2.18. The first kappa shape index (κ1) is 34.1. The maximum Gasteiger partial charge on any atom is 0.326 e. The Morgan fingerprint density at radius 3 is 1.87 bits per heavy atom. The van der Waals surface area contributed by atoms with E-state index in [0.29, 0.717) is 51.0 Å². The van der Waals surface area contributed by atoms with Gasteiger partial charge in [-0.25, -0.2) is 9.59 Å². The number of hydrogen-bond acceptors (Lipinski definition) is 6. The number of nitrogens with zero attached hydrogens (tertiary/aromatic N) is 1. The van der Waals surface area contributed by atoms with Crippen LogP contribution >= 0.6 is 22.6 Å². The lowest BCUT2D eigenvalue weighted by Crippen LogP contribution is -2.46. The summed E-state index contributed by atoms with van der Waals surface area (Å²) in [5, 5.41) is 22.6. The second kappa shape index (κ2) is 20.9. The predicted octanol–water partition coefficient (Wildman–Crippen LogP) is 2.32. The quantitative estimate of drug-likeness (QED) is 0.0920. The predicted molar refractivity (Wildman–Crippen MR) is 155 cm³/mol. The molecule has 1 aromatic rings. The van der Waals surface area contributed by atoms with Gasteiger partial charge in [0.1, 0.15) is 6.04 Å². The summed E-state index contributed by atoms with van der Waals surface area (Å²) in [6.45, 7) is 3.83. The first-order valence-electron chi connectivity index (χ1n) is 13.4.